The van der Waals surface area contributed by atoms with Crippen LogP contribution < -0.4 is 4.90 Å². The average molecular weight is 371 g/mol. The zero-order valence-electron chi connectivity index (χ0n) is 13.4. The van der Waals surface area contributed by atoms with Crippen LogP contribution in [0.5, 0.6) is 0 Å². The largest absolute Gasteiger partial charge is 0.329 e. The van der Waals surface area contributed by atoms with Crippen LogP contribution in [-0.4, -0.2) is 38.9 Å². The van der Waals surface area contributed by atoms with Gasteiger partial charge in [0.25, 0.3) is 0 Å². The van der Waals surface area contributed by atoms with E-state index in [1.807, 2.05) is 0 Å². The van der Waals surface area contributed by atoms with Crippen molar-refractivity contribution in [3.63, 3.8) is 0 Å². The number of nitrogens with zero attached hydrogens (tertiary/aromatic N) is 1. The zero-order chi connectivity index (χ0) is 18.0. The molecule has 134 valence electrons. The van der Waals surface area contributed by atoms with Gasteiger partial charge in [0.15, 0.2) is 0 Å². The van der Waals surface area contributed by atoms with Crippen LogP contribution in [0.1, 0.15) is 5.56 Å². The molecule has 3 rings (SSSR count). The van der Waals surface area contributed by atoms with E-state index in [0.717, 1.165) is 17.0 Å². The molecule has 1 N–H and O–H groups in total. The molecule has 1 aliphatic heterocycles. The van der Waals surface area contributed by atoms with Crippen LogP contribution in [0.25, 0.3) is 0 Å². The molecule has 0 amide bonds. The van der Waals surface area contributed by atoms with Crippen molar-refractivity contribution in [3.05, 3.63) is 65.5 Å². The number of halogens is 3. The van der Waals surface area contributed by atoms with Gasteiger partial charge in [-0.3, -0.25) is 0 Å². The monoisotopic (exact) mass is 371 g/mol. The summed E-state index contributed by atoms with van der Waals surface area (Å²) in [4.78, 5) is 0.951. The molecule has 2 aromatic carbocycles. The molecule has 0 atom stereocenters. The van der Waals surface area contributed by atoms with Crippen LogP contribution >= 0.6 is 0 Å². The minimum Gasteiger partial charge on any atom is -0.329 e. The van der Waals surface area contributed by atoms with Crippen molar-refractivity contribution in [1.82, 2.24) is 4.31 Å². The maximum atomic E-state index is 13.7. The first kappa shape index (κ1) is 17.9. The third kappa shape index (κ3) is 3.86. The van der Waals surface area contributed by atoms with Crippen molar-refractivity contribution >= 4 is 10.0 Å². The summed E-state index contributed by atoms with van der Waals surface area (Å²) < 4.78 is 66.9. The van der Waals surface area contributed by atoms with Crippen LogP contribution in [0.15, 0.2) is 47.4 Å². The molecule has 0 unspecified atom stereocenters. The Bertz CT molecular complexity index is 828. The van der Waals surface area contributed by atoms with Crippen molar-refractivity contribution in [2.75, 3.05) is 26.2 Å². The number of piperazine rings is 1. The van der Waals surface area contributed by atoms with Gasteiger partial charge in [0.1, 0.15) is 24.0 Å². The number of hydrogen-bond donors (Lipinski definition) is 1. The quantitative estimate of drug-likeness (QED) is 0.878. The maximum absolute atomic E-state index is 13.7. The van der Waals surface area contributed by atoms with E-state index in [1.165, 1.54) is 34.6 Å². The molecule has 25 heavy (non-hydrogen) atoms. The second-order valence-corrected chi connectivity index (χ2v) is 7.92. The predicted molar refractivity (Wildman–Crippen MR) is 85.9 cm³/mol. The van der Waals surface area contributed by atoms with E-state index in [4.69, 9.17) is 0 Å². The summed E-state index contributed by atoms with van der Waals surface area (Å²) in [6.45, 7) is 1.53. The van der Waals surface area contributed by atoms with Gasteiger partial charge in [0.2, 0.25) is 10.0 Å². The lowest BCUT2D eigenvalue weighted by molar-refractivity contribution is -0.917. The van der Waals surface area contributed by atoms with Gasteiger partial charge in [-0.25, -0.2) is 21.6 Å². The Kier molecular flexibility index (Phi) is 5.12. The van der Waals surface area contributed by atoms with Crippen LogP contribution in [0.3, 0.4) is 0 Å². The minimum absolute atomic E-state index is 0.0207. The second kappa shape index (κ2) is 7.15. The van der Waals surface area contributed by atoms with Gasteiger partial charge in [-0.15, -0.1) is 0 Å². The van der Waals surface area contributed by atoms with Gasteiger partial charge in [0.05, 0.1) is 36.6 Å². The van der Waals surface area contributed by atoms with Gasteiger partial charge in [-0.1, -0.05) is 6.07 Å². The van der Waals surface area contributed by atoms with Crippen LogP contribution in [0.4, 0.5) is 13.2 Å². The maximum Gasteiger partial charge on any atom is 0.243 e. The van der Waals surface area contributed by atoms with Gasteiger partial charge in [0, 0.05) is 0 Å². The van der Waals surface area contributed by atoms with E-state index >= 15 is 0 Å². The fraction of sp³-hybridized carbons (Fsp3) is 0.294. The number of hydrogen-bond acceptors (Lipinski definition) is 2. The lowest BCUT2D eigenvalue weighted by Gasteiger charge is -2.31. The van der Waals surface area contributed by atoms with E-state index < -0.39 is 27.5 Å². The molecule has 1 heterocycles. The molecular formula is C17H18F3N2O2S+. The first-order valence-corrected chi connectivity index (χ1v) is 9.34. The molecule has 0 radical (unpaired) electrons. The molecule has 8 heteroatoms. The Morgan fingerprint density at radius 2 is 1.48 bits per heavy atom. The molecule has 2 aromatic rings. The summed E-state index contributed by atoms with van der Waals surface area (Å²) in [5.41, 5.74) is 0.0207. The van der Waals surface area contributed by atoms with Crippen molar-refractivity contribution in [1.29, 1.82) is 0 Å². The van der Waals surface area contributed by atoms with Crippen molar-refractivity contribution in [3.8, 4) is 0 Å². The number of nitrogens with one attached hydrogen (secondary N) is 1. The first-order chi connectivity index (χ1) is 11.9. The molecule has 1 saturated heterocycles. The molecule has 1 fully saturated rings. The van der Waals surface area contributed by atoms with Crippen LogP contribution in [-0.2, 0) is 16.6 Å². The summed E-state index contributed by atoms with van der Waals surface area (Å²) >= 11 is 0. The fourth-order valence-electron chi connectivity index (χ4n) is 2.93. The lowest BCUT2D eigenvalue weighted by Crippen LogP contribution is -3.13. The Morgan fingerprint density at radius 1 is 0.920 bits per heavy atom. The SMILES string of the molecule is O=S(=O)(c1ccc(F)cc1)N1CC[NH+](Cc2c(F)cccc2F)CC1. The molecule has 1 aliphatic rings. The minimum atomic E-state index is -3.69. The Hall–Kier alpha value is -1.90. The molecule has 0 bridgehead atoms. The van der Waals surface area contributed by atoms with E-state index in [-0.39, 0.29) is 30.1 Å². The summed E-state index contributed by atoms with van der Waals surface area (Å²) in [6.07, 6.45) is 0. The van der Waals surface area contributed by atoms with Crippen molar-refractivity contribution in [2.45, 2.75) is 11.4 Å². The van der Waals surface area contributed by atoms with Crippen LogP contribution in [0.2, 0.25) is 0 Å². The fourth-order valence-corrected chi connectivity index (χ4v) is 4.37. The number of benzene rings is 2. The molecule has 0 aliphatic carbocycles. The third-order valence-corrected chi connectivity index (χ3v) is 6.28. The molecule has 4 nitrogen and oxygen atoms in total. The highest BCUT2D eigenvalue weighted by Crippen LogP contribution is 2.16. The Balaban J connectivity index is 1.66. The molecule has 0 spiro atoms. The van der Waals surface area contributed by atoms with Crippen molar-refractivity contribution in [2.24, 2.45) is 0 Å². The van der Waals surface area contributed by atoms with Gasteiger partial charge in [-0.05, 0) is 36.4 Å². The number of quaternary nitrogens is 1. The van der Waals surface area contributed by atoms with Gasteiger partial charge < -0.3 is 4.90 Å². The van der Waals surface area contributed by atoms with E-state index in [0.29, 0.717) is 13.1 Å². The van der Waals surface area contributed by atoms with Crippen molar-refractivity contribution < 1.29 is 26.5 Å². The number of sulfonamides is 1. The van der Waals surface area contributed by atoms with E-state index in [1.54, 1.807) is 0 Å². The highest BCUT2D eigenvalue weighted by atomic mass is 32.2. The molecule has 0 saturated carbocycles. The highest BCUT2D eigenvalue weighted by Gasteiger charge is 2.31. The van der Waals surface area contributed by atoms with E-state index in [9.17, 15) is 21.6 Å². The predicted octanol–water partition coefficient (Wildman–Crippen LogP) is 1.19. The average Bonchev–Trinajstić information content (AvgIpc) is 2.59. The summed E-state index contributed by atoms with van der Waals surface area (Å²) in [7, 11) is -3.69. The first-order valence-electron chi connectivity index (χ1n) is 7.90. The molecule has 0 aromatic heterocycles. The number of rotatable bonds is 4. The Labute approximate surface area is 144 Å². The lowest BCUT2D eigenvalue weighted by atomic mass is 10.1. The topological polar surface area (TPSA) is 41.8 Å². The van der Waals surface area contributed by atoms with Crippen LogP contribution in [0, 0.1) is 17.5 Å². The standard InChI is InChI=1S/C17H17F3N2O2S/c18-13-4-6-14(7-5-13)25(23,24)22-10-8-21(9-11-22)12-15-16(19)2-1-3-17(15)20/h1-7H,8-12H2/p+1. The third-order valence-electron chi connectivity index (χ3n) is 4.37. The summed E-state index contributed by atoms with van der Waals surface area (Å²) in [5.74, 6) is -1.68. The van der Waals surface area contributed by atoms with Gasteiger partial charge >= 0.3 is 0 Å². The highest BCUT2D eigenvalue weighted by molar-refractivity contribution is 7.89. The summed E-state index contributed by atoms with van der Waals surface area (Å²) in [5, 5.41) is 0. The van der Waals surface area contributed by atoms with E-state index in [2.05, 4.69) is 0 Å². The zero-order valence-corrected chi connectivity index (χ0v) is 14.2. The smallest absolute Gasteiger partial charge is 0.243 e. The Morgan fingerprint density at radius 3 is 2.04 bits per heavy atom. The second-order valence-electron chi connectivity index (χ2n) is 5.98. The molecular weight excluding hydrogens is 353 g/mol. The summed E-state index contributed by atoms with van der Waals surface area (Å²) in [6, 6.07) is 8.43. The van der Waals surface area contributed by atoms with Gasteiger partial charge in [-0.2, -0.15) is 4.31 Å². The normalized spacial score (nSPS) is 16.9.